The molecule has 3 aromatic carbocycles. The van der Waals surface area contributed by atoms with Crippen molar-refractivity contribution in [2.75, 3.05) is 44.7 Å². The second-order valence-electron chi connectivity index (χ2n) is 8.59. The Kier molecular flexibility index (Phi) is 9.40. The number of urea groups is 1. The molecule has 0 spiro atoms. The average molecular weight is 494 g/mol. The number of nitrogens with zero attached hydrogens (tertiary/aromatic N) is 2. The Hall–Kier alpha value is -3.06. The van der Waals surface area contributed by atoms with Crippen molar-refractivity contribution in [3.05, 3.63) is 95.0 Å². The third-order valence-corrected chi connectivity index (χ3v) is 6.15. The van der Waals surface area contributed by atoms with Gasteiger partial charge in [0.05, 0.1) is 13.2 Å². The van der Waals surface area contributed by atoms with Crippen LogP contribution in [-0.4, -0.2) is 55.2 Å². The minimum atomic E-state index is -0.140. The number of hydrogen-bond donors (Lipinski definition) is 1. The van der Waals surface area contributed by atoms with E-state index in [1.54, 1.807) is 12.1 Å². The van der Waals surface area contributed by atoms with Crippen molar-refractivity contribution in [3.8, 4) is 5.75 Å². The number of ether oxygens (including phenoxy) is 2. The van der Waals surface area contributed by atoms with E-state index in [0.717, 1.165) is 56.1 Å². The van der Waals surface area contributed by atoms with Crippen LogP contribution in [0, 0.1) is 0 Å². The van der Waals surface area contributed by atoms with Gasteiger partial charge in [0.15, 0.2) is 0 Å². The monoisotopic (exact) mass is 493 g/mol. The summed E-state index contributed by atoms with van der Waals surface area (Å²) in [6, 6.07) is 25.1. The molecule has 7 heteroatoms. The fraction of sp³-hybridized carbons (Fsp3) is 0.321. The molecule has 0 unspecified atom stereocenters. The summed E-state index contributed by atoms with van der Waals surface area (Å²) in [4.78, 5) is 17.4. The summed E-state index contributed by atoms with van der Waals surface area (Å²) in [5.41, 5.74) is 2.86. The van der Waals surface area contributed by atoms with Gasteiger partial charge in [-0.25, -0.2) is 4.79 Å². The SMILES string of the molecule is O=C(Nc1cccc(Cl)c1)N(CCCN1CCOCC1)Cc1ccc(OCc2ccccc2)cc1. The Balaban J connectivity index is 1.36. The highest BCUT2D eigenvalue weighted by Gasteiger charge is 2.16. The molecule has 6 nitrogen and oxygen atoms in total. The van der Waals surface area contributed by atoms with Gasteiger partial charge in [0, 0.05) is 43.4 Å². The van der Waals surface area contributed by atoms with Crippen LogP contribution in [0.25, 0.3) is 0 Å². The summed E-state index contributed by atoms with van der Waals surface area (Å²) in [6.07, 6.45) is 0.890. The molecule has 1 N–H and O–H groups in total. The molecule has 0 atom stereocenters. The first kappa shape index (κ1) is 25.0. The van der Waals surface area contributed by atoms with E-state index in [4.69, 9.17) is 21.1 Å². The molecular weight excluding hydrogens is 462 g/mol. The van der Waals surface area contributed by atoms with E-state index < -0.39 is 0 Å². The number of nitrogens with one attached hydrogen (secondary N) is 1. The summed E-state index contributed by atoms with van der Waals surface area (Å²) in [5, 5.41) is 3.58. The first-order valence-electron chi connectivity index (χ1n) is 12.0. The summed E-state index contributed by atoms with van der Waals surface area (Å²) in [6.45, 7) is 6.06. The molecule has 0 aliphatic carbocycles. The maximum atomic E-state index is 13.2. The number of anilines is 1. The molecule has 3 aromatic rings. The first-order chi connectivity index (χ1) is 17.2. The van der Waals surface area contributed by atoms with Gasteiger partial charge in [0.25, 0.3) is 0 Å². The Morgan fingerprint density at radius 1 is 0.971 bits per heavy atom. The first-order valence-corrected chi connectivity index (χ1v) is 12.4. The highest BCUT2D eigenvalue weighted by Crippen LogP contribution is 2.18. The van der Waals surface area contributed by atoms with Crippen molar-refractivity contribution in [2.24, 2.45) is 0 Å². The highest BCUT2D eigenvalue weighted by molar-refractivity contribution is 6.30. The van der Waals surface area contributed by atoms with Gasteiger partial charge in [0.1, 0.15) is 12.4 Å². The molecule has 0 aromatic heterocycles. The van der Waals surface area contributed by atoms with Crippen molar-refractivity contribution >= 4 is 23.3 Å². The molecule has 1 heterocycles. The molecule has 0 radical (unpaired) electrons. The molecule has 35 heavy (non-hydrogen) atoms. The molecule has 1 aliphatic heterocycles. The standard InChI is InChI=1S/C28H32ClN3O3/c29-25-8-4-9-26(20-25)30-28(33)32(15-5-14-31-16-18-34-19-17-31)21-23-10-12-27(13-11-23)35-22-24-6-2-1-3-7-24/h1-4,6-13,20H,5,14-19,21-22H2,(H,30,33). The van der Waals surface area contributed by atoms with Crippen LogP contribution in [0.3, 0.4) is 0 Å². The van der Waals surface area contributed by atoms with Crippen LogP contribution in [0.4, 0.5) is 10.5 Å². The number of rotatable bonds is 10. The lowest BCUT2D eigenvalue weighted by molar-refractivity contribution is 0.0365. The van der Waals surface area contributed by atoms with Crippen LogP contribution in [0.2, 0.25) is 5.02 Å². The molecule has 184 valence electrons. The van der Waals surface area contributed by atoms with Crippen LogP contribution < -0.4 is 10.1 Å². The largest absolute Gasteiger partial charge is 0.489 e. The van der Waals surface area contributed by atoms with Crippen LogP contribution in [0.1, 0.15) is 17.5 Å². The zero-order valence-corrected chi connectivity index (χ0v) is 20.6. The van der Waals surface area contributed by atoms with Gasteiger partial charge < -0.3 is 19.7 Å². The summed E-state index contributed by atoms with van der Waals surface area (Å²) < 4.78 is 11.3. The smallest absolute Gasteiger partial charge is 0.322 e. The average Bonchev–Trinajstić information content (AvgIpc) is 2.89. The maximum Gasteiger partial charge on any atom is 0.322 e. The van der Waals surface area contributed by atoms with Crippen LogP contribution in [0.15, 0.2) is 78.9 Å². The Morgan fingerprint density at radius 3 is 2.49 bits per heavy atom. The van der Waals surface area contributed by atoms with Crippen molar-refractivity contribution in [3.63, 3.8) is 0 Å². The summed E-state index contributed by atoms with van der Waals surface area (Å²) >= 11 is 6.09. The van der Waals surface area contributed by atoms with Gasteiger partial charge in [-0.2, -0.15) is 0 Å². The molecule has 1 saturated heterocycles. The molecule has 2 amide bonds. The number of carbonyl (C=O) groups is 1. The lowest BCUT2D eigenvalue weighted by Crippen LogP contribution is -2.40. The molecular formula is C28H32ClN3O3. The van der Waals surface area contributed by atoms with E-state index in [9.17, 15) is 4.79 Å². The van der Waals surface area contributed by atoms with Crippen LogP contribution >= 0.6 is 11.6 Å². The zero-order chi connectivity index (χ0) is 24.3. The van der Waals surface area contributed by atoms with Crippen LogP contribution in [0.5, 0.6) is 5.75 Å². The lowest BCUT2D eigenvalue weighted by atomic mass is 10.2. The molecule has 0 saturated carbocycles. The fourth-order valence-electron chi connectivity index (χ4n) is 3.98. The third kappa shape index (κ3) is 8.28. The fourth-order valence-corrected chi connectivity index (χ4v) is 4.17. The number of hydrogen-bond acceptors (Lipinski definition) is 4. The maximum absolute atomic E-state index is 13.2. The van der Waals surface area contributed by atoms with Crippen molar-refractivity contribution in [2.45, 2.75) is 19.6 Å². The van der Waals surface area contributed by atoms with E-state index in [0.29, 0.717) is 30.4 Å². The van der Waals surface area contributed by atoms with Gasteiger partial charge in [-0.3, -0.25) is 4.90 Å². The van der Waals surface area contributed by atoms with Crippen molar-refractivity contribution in [1.82, 2.24) is 9.80 Å². The zero-order valence-electron chi connectivity index (χ0n) is 19.9. The number of amides is 2. The quantitative estimate of drug-likeness (QED) is 0.395. The number of morpholine rings is 1. The normalized spacial score (nSPS) is 13.9. The second-order valence-corrected chi connectivity index (χ2v) is 9.02. The van der Waals surface area contributed by atoms with Crippen LogP contribution in [-0.2, 0) is 17.9 Å². The highest BCUT2D eigenvalue weighted by atomic mass is 35.5. The van der Waals surface area contributed by atoms with E-state index in [-0.39, 0.29) is 6.03 Å². The molecule has 1 aliphatic rings. The topological polar surface area (TPSA) is 54.0 Å². The summed E-state index contributed by atoms with van der Waals surface area (Å²) in [7, 11) is 0. The molecule has 0 bridgehead atoms. The predicted octanol–water partition coefficient (Wildman–Crippen LogP) is 5.68. The molecule has 1 fully saturated rings. The van der Waals surface area contributed by atoms with E-state index in [1.807, 2.05) is 71.6 Å². The Bertz CT molecular complexity index is 1060. The van der Waals surface area contributed by atoms with Crippen molar-refractivity contribution in [1.29, 1.82) is 0 Å². The molecule has 4 rings (SSSR count). The number of benzene rings is 3. The van der Waals surface area contributed by atoms with E-state index in [1.165, 1.54) is 0 Å². The summed E-state index contributed by atoms with van der Waals surface area (Å²) in [5.74, 6) is 0.805. The number of carbonyl (C=O) groups excluding carboxylic acids is 1. The van der Waals surface area contributed by atoms with Gasteiger partial charge >= 0.3 is 6.03 Å². The Morgan fingerprint density at radius 2 is 1.74 bits per heavy atom. The van der Waals surface area contributed by atoms with E-state index >= 15 is 0 Å². The van der Waals surface area contributed by atoms with Gasteiger partial charge in [-0.1, -0.05) is 60.1 Å². The third-order valence-electron chi connectivity index (χ3n) is 5.91. The second kappa shape index (κ2) is 13.1. The minimum Gasteiger partial charge on any atom is -0.489 e. The van der Waals surface area contributed by atoms with Crippen molar-refractivity contribution < 1.29 is 14.3 Å². The Labute approximate surface area is 212 Å². The number of halogens is 1. The lowest BCUT2D eigenvalue weighted by Gasteiger charge is -2.28. The minimum absolute atomic E-state index is 0.140. The van der Waals surface area contributed by atoms with Gasteiger partial charge in [0.2, 0.25) is 0 Å². The van der Waals surface area contributed by atoms with Gasteiger partial charge in [-0.05, 0) is 47.9 Å². The predicted molar refractivity (Wildman–Crippen MR) is 140 cm³/mol. The van der Waals surface area contributed by atoms with E-state index in [2.05, 4.69) is 10.2 Å². The van der Waals surface area contributed by atoms with Gasteiger partial charge in [-0.15, -0.1) is 0 Å².